The third-order valence-corrected chi connectivity index (χ3v) is 9.61. The number of hydrogen-bond acceptors (Lipinski definition) is 7. The first-order chi connectivity index (χ1) is 17.2. The second kappa shape index (κ2) is 10.7. The van der Waals surface area contributed by atoms with Crippen molar-refractivity contribution in [2.45, 2.75) is 83.2 Å². The van der Waals surface area contributed by atoms with E-state index in [1.54, 1.807) is 0 Å². The van der Waals surface area contributed by atoms with E-state index < -0.39 is 0 Å². The lowest BCUT2D eigenvalue weighted by Crippen LogP contribution is -2.45. The number of nitrogens with zero attached hydrogens (tertiary/aromatic N) is 5. The van der Waals surface area contributed by atoms with Crippen LogP contribution in [0.1, 0.15) is 74.1 Å². The van der Waals surface area contributed by atoms with Gasteiger partial charge in [-0.05, 0) is 82.9 Å². The summed E-state index contributed by atoms with van der Waals surface area (Å²) in [7, 11) is 0. The minimum Gasteiger partial charge on any atom is -0.367 e. The first-order valence-corrected chi connectivity index (χ1v) is 14.8. The average molecular weight is 497 g/mol. The first-order valence-electron chi connectivity index (χ1n) is 14.0. The Morgan fingerprint density at radius 2 is 1.60 bits per heavy atom. The standard InChI is InChI=1S/C27H40N6OS/c34-24(33-14-6-7-15-33)19-32-16-10-20(11-17-32)28-26-25-21-8-2-3-9-22(21)35-27(25)30-23(29-26)18-31-12-4-1-5-13-31/h20H,1-19H2,(H,28,29,30). The molecule has 0 atom stereocenters. The smallest absolute Gasteiger partial charge is 0.236 e. The molecule has 5 heterocycles. The van der Waals surface area contributed by atoms with Crippen molar-refractivity contribution in [2.75, 3.05) is 51.1 Å². The van der Waals surface area contributed by atoms with Crippen LogP contribution in [0.5, 0.6) is 0 Å². The van der Waals surface area contributed by atoms with Crippen LogP contribution in [0.15, 0.2) is 0 Å². The van der Waals surface area contributed by atoms with Crippen LogP contribution in [-0.2, 0) is 24.2 Å². The lowest BCUT2D eigenvalue weighted by atomic mass is 9.96. The fraction of sp³-hybridized carbons (Fsp3) is 0.741. The van der Waals surface area contributed by atoms with E-state index in [-0.39, 0.29) is 0 Å². The molecule has 3 fully saturated rings. The summed E-state index contributed by atoms with van der Waals surface area (Å²) in [5.41, 5.74) is 1.51. The number of anilines is 1. The van der Waals surface area contributed by atoms with Gasteiger partial charge in [0.2, 0.25) is 5.91 Å². The molecule has 1 aliphatic carbocycles. The zero-order chi connectivity index (χ0) is 23.6. The summed E-state index contributed by atoms with van der Waals surface area (Å²) in [5.74, 6) is 2.38. The van der Waals surface area contributed by atoms with Crippen LogP contribution in [0.4, 0.5) is 5.82 Å². The van der Waals surface area contributed by atoms with Crippen molar-refractivity contribution < 1.29 is 4.79 Å². The highest BCUT2D eigenvalue weighted by Crippen LogP contribution is 2.39. The molecular weight excluding hydrogens is 456 g/mol. The number of carbonyl (C=O) groups is 1. The Balaban J connectivity index is 1.16. The number of likely N-dealkylation sites (tertiary alicyclic amines) is 3. The van der Waals surface area contributed by atoms with Gasteiger partial charge in [0, 0.05) is 37.1 Å². The van der Waals surface area contributed by atoms with Crippen molar-refractivity contribution in [3.63, 3.8) is 0 Å². The molecule has 0 saturated carbocycles. The van der Waals surface area contributed by atoms with Gasteiger partial charge in [-0.25, -0.2) is 9.97 Å². The Hall–Kier alpha value is -1.77. The Morgan fingerprint density at radius 3 is 2.40 bits per heavy atom. The molecule has 8 heteroatoms. The van der Waals surface area contributed by atoms with Crippen LogP contribution in [0.2, 0.25) is 0 Å². The molecule has 4 aliphatic rings. The maximum atomic E-state index is 12.6. The number of aryl methyl sites for hydroxylation is 2. The molecule has 6 rings (SSSR count). The summed E-state index contributed by atoms with van der Waals surface area (Å²) < 4.78 is 0. The van der Waals surface area contributed by atoms with Gasteiger partial charge in [-0.2, -0.15) is 0 Å². The van der Waals surface area contributed by atoms with Gasteiger partial charge in [0.15, 0.2) is 0 Å². The van der Waals surface area contributed by atoms with E-state index in [0.29, 0.717) is 18.5 Å². The molecule has 0 unspecified atom stereocenters. The van der Waals surface area contributed by atoms with Crippen LogP contribution in [0.3, 0.4) is 0 Å². The molecule has 7 nitrogen and oxygen atoms in total. The van der Waals surface area contributed by atoms with E-state index in [9.17, 15) is 4.79 Å². The van der Waals surface area contributed by atoms with Crippen LogP contribution in [0, 0.1) is 0 Å². The summed E-state index contributed by atoms with van der Waals surface area (Å²) in [6.07, 6.45) is 13.3. The summed E-state index contributed by atoms with van der Waals surface area (Å²) in [5, 5.41) is 5.19. The Bertz CT molecular complexity index is 1030. The Morgan fingerprint density at radius 1 is 0.857 bits per heavy atom. The van der Waals surface area contributed by atoms with E-state index in [0.717, 1.165) is 76.5 Å². The second-order valence-corrected chi connectivity index (χ2v) is 12.1. The predicted molar refractivity (Wildman–Crippen MR) is 142 cm³/mol. The molecule has 0 radical (unpaired) electrons. The van der Waals surface area contributed by atoms with E-state index >= 15 is 0 Å². The molecule has 2 aromatic heterocycles. The number of fused-ring (bicyclic) bond motifs is 3. The number of piperidine rings is 2. The van der Waals surface area contributed by atoms with E-state index in [2.05, 4.69) is 15.1 Å². The normalized spacial score (nSPS) is 22.6. The Labute approximate surface area is 213 Å². The summed E-state index contributed by atoms with van der Waals surface area (Å²) in [6.45, 7) is 7.64. The predicted octanol–water partition coefficient (Wildman–Crippen LogP) is 4.05. The lowest BCUT2D eigenvalue weighted by Gasteiger charge is -2.33. The lowest BCUT2D eigenvalue weighted by molar-refractivity contribution is -0.131. The highest BCUT2D eigenvalue weighted by atomic mass is 32.1. The maximum absolute atomic E-state index is 12.6. The SMILES string of the molecule is O=C(CN1CCC(Nc2nc(CN3CCCCC3)nc3sc4c(c23)CCCC4)CC1)N1CCCC1. The number of amides is 1. The van der Waals surface area contributed by atoms with Crippen molar-refractivity contribution in [2.24, 2.45) is 0 Å². The molecule has 2 aromatic rings. The third kappa shape index (κ3) is 5.35. The van der Waals surface area contributed by atoms with E-state index in [1.807, 2.05) is 16.2 Å². The van der Waals surface area contributed by atoms with Crippen molar-refractivity contribution in [3.05, 3.63) is 16.3 Å². The summed E-state index contributed by atoms with van der Waals surface area (Å²) in [6, 6.07) is 0.410. The number of nitrogens with one attached hydrogen (secondary N) is 1. The summed E-state index contributed by atoms with van der Waals surface area (Å²) >= 11 is 1.91. The molecule has 0 spiro atoms. The molecule has 0 aromatic carbocycles. The Kier molecular flexibility index (Phi) is 7.21. The van der Waals surface area contributed by atoms with Gasteiger partial charge in [0.25, 0.3) is 0 Å². The van der Waals surface area contributed by atoms with Crippen molar-refractivity contribution >= 4 is 33.3 Å². The van der Waals surface area contributed by atoms with Gasteiger partial charge >= 0.3 is 0 Å². The second-order valence-electron chi connectivity index (χ2n) is 11.0. The number of carbonyl (C=O) groups excluding carboxylic acids is 1. The van der Waals surface area contributed by atoms with E-state index in [1.165, 1.54) is 72.3 Å². The number of aromatic nitrogens is 2. The molecule has 1 amide bonds. The number of rotatable bonds is 6. The maximum Gasteiger partial charge on any atom is 0.236 e. The fourth-order valence-electron chi connectivity index (χ4n) is 6.38. The molecule has 190 valence electrons. The molecule has 3 aliphatic heterocycles. The summed E-state index contributed by atoms with van der Waals surface area (Å²) in [4.78, 5) is 32.5. The van der Waals surface area contributed by atoms with Crippen LogP contribution in [0.25, 0.3) is 10.2 Å². The highest BCUT2D eigenvalue weighted by Gasteiger charge is 2.27. The average Bonchev–Trinajstić information content (AvgIpc) is 3.54. The van der Waals surface area contributed by atoms with E-state index in [4.69, 9.17) is 9.97 Å². The van der Waals surface area contributed by atoms with Crippen LogP contribution in [-0.4, -0.2) is 82.4 Å². The van der Waals surface area contributed by atoms with Crippen LogP contribution >= 0.6 is 11.3 Å². The monoisotopic (exact) mass is 496 g/mol. The topological polar surface area (TPSA) is 64.6 Å². The molecule has 3 saturated heterocycles. The molecular formula is C27H40N6OS. The molecule has 35 heavy (non-hydrogen) atoms. The number of hydrogen-bond donors (Lipinski definition) is 1. The largest absolute Gasteiger partial charge is 0.367 e. The van der Waals surface area contributed by atoms with Crippen molar-refractivity contribution in [1.29, 1.82) is 0 Å². The van der Waals surface area contributed by atoms with Gasteiger partial charge < -0.3 is 10.2 Å². The van der Waals surface area contributed by atoms with Crippen LogP contribution < -0.4 is 5.32 Å². The quantitative estimate of drug-likeness (QED) is 0.651. The van der Waals surface area contributed by atoms with Gasteiger partial charge in [0.05, 0.1) is 18.5 Å². The van der Waals surface area contributed by atoms with Crippen molar-refractivity contribution in [3.8, 4) is 0 Å². The first kappa shape index (κ1) is 23.6. The van der Waals surface area contributed by atoms with Gasteiger partial charge in [-0.3, -0.25) is 14.6 Å². The minimum absolute atomic E-state index is 0.318. The molecule has 1 N–H and O–H groups in total. The third-order valence-electron chi connectivity index (χ3n) is 8.42. The highest BCUT2D eigenvalue weighted by molar-refractivity contribution is 7.19. The van der Waals surface area contributed by atoms with Crippen molar-refractivity contribution in [1.82, 2.24) is 24.7 Å². The zero-order valence-corrected chi connectivity index (χ0v) is 21.9. The zero-order valence-electron chi connectivity index (χ0n) is 21.1. The van der Waals surface area contributed by atoms with Gasteiger partial charge in [0.1, 0.15) is 16.5 Å². The number of thiophene rings is 1. The van der Waals surface area contributed by atoms with Gasteiger partial charge in [-0.15, -0.1) is 11.3 Å². The molecule has 0 bridgehead atoms. The fourth-order valence-corrected chi connectivity index (χ4v) is 7.66. The van der Waals surface area contributed by atoms with Gasteiger partial charge in [-0.1, -0.05) is 6.42 Å². The minimum atomic E-state index is 0.318.